The number of hydrogen-bond acceptors (Lipinski definition) is 2. The zero-order valence-corrected chi connectivity index (χ0v) is 12.1. The summed E-state index contributed by atoms with van der Waals surface area (Å²) in [7, 11) is 0. The van der Waals surface area contributed by atoms with Gasteiger partial charge in [-0.2, -0.15) is 8.78 Å². The summed E-state index contributed by atoms with van der Waals surface area (Å²) in [5.74, 6) is -0.338. The molecule has 0 spiro atoms. The first-order valence-electron chi connectivity index (χ1n) is 6.83. The molecule has 0 unspecified atom stereocenters. The van der Waals surface area contributed by atoms with Crippen molar-refractivity contribution in [3.05, 3.63) is 65.5 Å². The number of carbonyl (C=O) groups excluding carboxylic acids is 1. The Morgan fingerprint density at radius 2 is 1.65 bits per heavy atom. The molecular formula is C16H15F3N2O2. The maximum atomic E-state index is 12.8. The van der Waals surface area contributed by atoms with E-state index in [1.165, 1.54) is 18.2 Å². The number of alkyl halides is 2. The maximum absolute atomic E-state index is 12.8. The van der Waals surface area contributed by atoms with E-state index >= 15 is 0 Å². The molecule has 0 saturated heterocycles. The van der Waals surface area contributed by atoms with Gasteiger partial charge in [-0.25, -0.2) is 9.18 Å². The third-order valence-corrected chi connectivity index (χ3v) is 2.99. The second kappa shape index (κ2) is 8.07. The number of hydrogen-bond donors (Lipinski definition) is 2. The zero-order valence-electron chi connectivity index (χ0n) is 12.1. The quantitative estimate of drug-likeness (QED) is 0.855. The van der Waals surface area contributed by atoms with Gasteiger partial charge in [-0.3, -0.25) is 0 Å². The van der Waals surface area contributed by atoms with Gasteiger partial charge in [0.2, 0.25) is 0 Å². The van der Waals surface area contributed by atoms with E-state index in [2.05, 4.69) is 15.4 Å². The number of carbonyl (C=O) groups is 1. The van der Waals surface area contributed by atoms with Crippen molar-refractivity contribution in [1.82, 2.24) is 10.6 Å². The minimum atomic E-state index is -2.93. The Balaban J connectivity index is 1.83. The molecule has 7 heteroatoms. The molecule has 0 atom stereocenters. The molecule has 2 aromatic carbocycles. The van der Waals surface area contributed by atoms with E-state index in [0.29, 0.717) is 5.56 Å². The average molecular weight is 324 g/mol. The van der Waals surface area contributed by atoms with Crippen molar-refractivity contribution in [3.63, 3.8) is 0 Å². The minimum Gasteiger partial charge on any atom is -0.434 e. The molecule has 0 aromatic heterocycles. The van der Waals surface area contributed by atoms with Crippen molar-refractivity contribution >= 4 is 6.03 Å². The highest BCUT2D eigenvalue weighted by atomic mass is 19.3. The van der Waals surface area contributed by atoms with Crippen molar-refractivity contribution in [2.24, 2.45) is 0 Å². The van der Waals surface area contributed by atoms with E-state index < -0.39 is 12.6 Å². The molecule has 0 heterocycles. The molecule has 0 bridgehead atoms. The average Bonchev–Trinajstić information content (AvgIpc) is 2.53. The second-order valence-corrected chi connectivity index (χ2v) is 4.65. The Labute approximate surface area is 131 Å². The Morgan fingerprint density at radius 3 is 2.35 bits per heavy atom. The van der Waals surface area contributed by atoms with Crippen LogP contribution in [0.2, 0.25) is 0 Å². The molecule has 4 nitrogen and oxygen atoms in total. The predicted molar refractivity (Wildman–Crippen MR) is 78.5 cm³/mol. The van der Waals surface area contributed by atoms with Crippen molar-refractivity contribution < 1.29 is 22.7 Å². The van der Waals surface area contributed by atoms with E-state index in [-0.39, 0.29) is 24.7 Å². The topological polar surface area (TPSA) is 50.4 Å². The summed E-state index contributed by atoms with van der Waals surface area (Å²) in [4.78, 5) is 11.7. The molecule has 0 fully saturated rings. The number of amides is 2. The van der Waals surface area contributed by atoms with Crippen LogP contribution in [0.25, 0.3) is 0 Å². The molecule has 0 radical (unpaired) electrons. The van der Waals surface area contributed by atoms with E-state index in [4.69, 9.17) is 0 Å². The van der Waals surface area contributed by atoms with Gasteiger partial charge in [0.1, 0.15) is 11.6 Å². The fourth-order valence-corrected chi connectivity index (χ4v) is 1.88. The number of nitrogens with one attached hydrogen (secondary N) is 2. The molecule has 2 aromatic rings. The van der Waals surface area contributed by atoms with Crippen LogP contribution in [0, 0.1) is 5.82 Å². The van der Waals surface area contributed by atoms with Gasteiger partial charge in [-0.15, -0.1) is 0 Å². The summed E-state index contributed by atoms with van der Waals surface area (Å²) in [6.45, 7) is -2.66. The van der Waals surface area contributed by atoms with Gasteiger partial charge < -0.3 is 15.4 Å². The van der Waals surface area contributed by atoms with E-state index in [1.807, 2.05) is 0 Å². The highest BCUT2D eigenvalue weighted by Crippen LogP contribution is 2.19. The van der Waals surface area contributed by atoms with Gasteiger partial charge in [0.05, 0.1) is 0 Å². The van der Waals surface area contributed by atoms with Crippen LogP contribution in [-0.2, 0) is 13.1 Å². The molecular weight excluding hydrogens is 309 g/mol. The summed E-state index contributed by atoms with van der Waals surface area (Å²) >= 11 is 0. The highest BCUT2D eigenvalue weighted by molar-refractivity contribution is 5.73. The Bertz CT molecular complexity index is 648. The van der Waals surface area contributed by atoms with Gasteiger partial charge in [-0.05, 0) is 23.8 Å². The Kier molecular flexibility index (Phi) is 5.85. The van der Waals surface area contributed by atoms with Crippen molar-refractivity contribution in [2.45, 2.75) is 19.7 Å². The molecule has 23 heavy (non-hydrogen) atoms. The molecule has 2 rings (SSSR count). The predicted octanol–water partition coefficient (Wildman–Crippen LogP) is 3.43. The third-order valence-electron chi connectivity index (χ3n) is 2.99. The summed E-state index contributed by atoms with van der Waals surface area (Å²) in [5, 5.41) is 5.13. The van der Waals surface area contributed by atoms with Gasteiger partial charge in [-0.1, -0.05) is 30.3 Å². The standard InChI is InChI=1S/C16H15F3N2O2/c17-13-7-5-11(6-8-13)9-20-16(22)21-10-12-3-1-2-4-14(12)23-15(18)19/h1-8,15H,9-10H2,(H2,20,21,22). The summed E-state index contributed by atoms with van der Waals surface area (Å²) in [5.41, 5.74) is 1.17. The summed E-state index contributed by atoms with van der Waals surface area (Å²) in [6, 6.07) is 11.4. The van der Waals surface area contributed by atoms with Crippen LogP contribution in [0.15, 0.2) is 48.5 Å². The molecule has 2 N–H and O–H groups in total. The lowest BCUT2D eigenvalue weighted by molar-refractivity contribution is -0.0504. The molecule has 0 aliphatic heterocycles. The Morgan fingerprint density at radius 1 is 1.00 bits per heavy atom. The van der Waals surface area contributed by atoms with Crippen LogP contribution in [0.5, 0.6) is 5.75 Å². The first-order chi connectivity index (χ1) is 11.0. The van der Waals surface area contributed by atoms with Crippen LogP contribution in [0.3, 0.4) is 0 Å². The maximum Gasteiger partial charge on any atom is 0.387 e. The normalized spacial score (nSPS) is 10.4. The molecule has 0 aliphatic carbocycles. The van der Waals surface area contributed by atoms with Crippen LogP contribution in [0.4, 0.5) is 18.0 Å². The summed E-state index contributed by atoms with van der Waals surface area (Å²) < 4.78 is 41.7. The van der Waals surface area contributed by atoms with E-state index in [1.54, 1.807) is 30.3 Å². The van der Waals surface area contributed by atoms with Crippen LogP contribution in [0.1, 0.15) is 11.1 Å². The zero-order chi connectivity index (χ0) is 16.7. The first-order valence-corrected chi connectivity index (χ1v) is 6.83. The van der Waals surface area contributed by atoms with Gasteiger partial charge in [0.15, 0.2) is 0 Å². The lowest BCUT2D eigenvalue weighted by atomic mass is 10.2. The van der Waals surface area contributed by atoms with Gasteiger partial charge in [0.25, 0.3) is 0 Å². The fourth-order valence-electron chi connectivity index (χ4n) is 1.88. The van der Waals surface area contributed by atoms with Crippen molar-refractivity contribution in [1.29, 1.82) is 0 Å². The van der Waals surface area contributed by atoms with E-state index in [9.17, 15) is 18.0 Å². The number of ether oxygens (including phenoxy) is 1. The smallest absolute Gasteiger partial charge is 0.387 e. The van der Waals surface area contributed by atoms with Gasteiger partial charge in [0, 0.05) is 18.7 Å². The van der Waals surface area contributed by atoms with Crippen LogP contribution < -0.4 is 15.4 Å². The number of halogens is 3. The van der Waals surface area contributed by atoms with Crippen LogP contribution in [-0.4, -0.2) is 12.6 Å². The Hall–Kier alpha value is -2.70. The van der Waals surface area contributed by atoms with Crippen LogP contribution >= 0.6 is 0 Å². The minimum absolute atomic E-state index is 0.0151. The summed E-state index contributed by atoms with van der Waals surface area (Å²) in [6.07, 6.45) is 0. The number of para-hydroxylation sites is 1. The first kappa shape index (κ1) is 16.7. The fraction of sp³-hybridized carbons (Fsp3) is 0.188. The lowest BCUT2D eigenvalue weighted by Gasteiger charge is -2.12. The molecule has 0 aliphatic rings. The largest absolute Gasteiger partial charge is 0.434 e. The molecule has 0 saturated carbocycles. The molecule has 2 amide bonds. The lowest BCUT2D eigenvalue weighted by Crippen LogP contribution is -2.34. The van der Waals surface area contributed by atoms with Crippen molar-refractivity contribution in [3.8, 4) is 5.75 Å². The monoisotopic (exact) mass is 324 g/mol. The number of urea groups is 1. The van der Waals surface area contributed by atoms with Crippen molar-refractivity contribution in [2.75, 3.05) is 0 Å². The third kappa shape index (κ3) is 5.54. The SMILES string of the molecule is O=C(NCc1ccc(F)cc1)NCc1ccccc1OC(F)F. The highest BCUT2D eigenvalue weighted by Gasteiger charge is 2.09. The molecule has 122 valence electrons. The number of rotatable bonds is 6. The van der Waals surface area contributed by atoms with Gasteiger partial charge >= 0.3 is 12.6 Å². The number of benzene rings is 2. The van der Waals surface area contributed by atoms with E-state index in [0.717, 1.165) is 5.56 Å². The second-order valence-electron chi connectivity index (χ2n) is 4.65.